The van der Waals surface area contributed by atoms with E-state index in [0.29, 0.717) is 5.92 Å². The zero-order valence-corrected chi connectivity index (χ0v) is 13.1. The lowest BCUT2D eigenvalue weighted by molar-refractivity contribution is 0.0901. The molecule has 0 aromatic carbocycles. The Bertz CT molecular complexity index is 552. The maximum atomic E-state index is 12.1. The Kier molecular flexibility index (Phi) is 2.73. The predicted molar refractivity (Wildman–Crippen MR) is 77.5 cm³/mol. The Hall–Kier alpha value is -0.350. The van der Waals surface area contributed by atoms with Crippen LogP contribution in [0.1, 0.15) is 33.1 Å². The molecule has 0 spiro atoms. The van der Waals surface area contributed by atoms with Gasteiger partial charge in [-0.05, 0) is 67.1 Å². The summed E-state index contributed by atoms with van der Waals surface area (Å²) in [5.41, 5.74) is -0.0574. The van der Waals surface area contributed by atoms with Crippen LogP contribution in [0, 0.1) is 40.9 Å². The van der Waals surface area contributed by atoms with E-state index in [1.165, 1.54) is 12.8 Å². The van der Waals surface area contributed by atoms with Crippen LogP contribution in [0.2, 0.25) is 0 Å². The second-order valence-electron chi connectivity index (χ2n) is 7.67. The molecule has 4 rings (SSSR count). The van der Waals surface area contributed by atoms with Crippen LogP contribution in [-0.2, 0) is 14.3 Å². The van der Waals surface area contributed by atoms with Gasteiger partial charge in [-0.1, -0.05) is 19.1 Å². The minimum absolute atomic E-state index is 0.0574. The van der Waals surface area contributed by atoms with Gasteiger partial charge < -0.3 is 0 Å². The van der Waals surface area contributed by atoms with Crippen molar-refractivity contribution in [3.05, 3.63) is 12.2 Å². The summed E-state index contributed by atoms with van der Waals surface area (Å²) >= 11 is 0. The number of allylic oxidation sites excluding steroid dienone is 2. The maximum absolute atomic E-state index is 12.1. The predicted octanol–water partition coefficient (Wildman–Crippen LogP) is 2.84. The van der Waals surface area contributed by atoms with E-state index >= 15 is 0 Å². The first-order valence-electron chi connectivity index (χ1n) is 7.99. The van der Waals surface area contributed by atoms with Gasteiger partial charge in [0.15, 0.2) is 0 Å². The minimum Gasteiger partial charge on any atom is -0.270 e. The molecule has 0 saturated heterocycles. The molecule has 0 heterocycles. The monoisotopic (exact) mass is 296 g/mol. The Morgan fingerprint density at radius 2 is 1.90 bits per heavy atom. The highest BCUT2D eigenvalue weighted by molar-refractivity contribution is 7.86. The van der Waals surface area contributed by atoms with Gasteiger partial charge in [0.2, 0.25) is 0 Å². The molecule has 7 unspecified atom stereocenters. The zero-order chi connectivity index (χ0) is 14.1. The van der Waals surface area contributed by atoms with E-state index in [4.69, 9.17) is 4.18 Å². The van der Waals surface area contributed by atoms with Crippen molar-refractivity contribution in [2.75, 3.05) is 12.4 Å². The number of hydrogen-bond donors (Lipinski definition) is 0. The van der Waals surface area contributed by atoms with Gasteiger partial charge in [0.1, 0.15) is 0 Å². The first kappa shape index (κ1) is 13.3. The van der Waals surface area contributed by atoms with Crippen molar-refractivity contribution in [3.63, 3.8) is 0 Å². The van der Waals surface area contributed by atoms with Crippen LogP contribution in [0.5, 0.6) is 0 Å². The van der Waals surface area contributed by atoms with Crippen molar-refractivity contribution < 1.29 is 12.6 Å². The second-order valence-corrected chi connectivity index (χ2v) is 9.31. The average Bonchev–Trinajstić information content (AvgIpc) is 3.01. The standard InChI is InChI=1S/C16H24O3S/c1-3-19-20(17,18)9-16(2)8-12-7-13(16)15-11-5-4-10(6-11)14(12)15/h4-5,10-15H,3,6-9H2,1-2H3. The first-order valence-corrected chi connectivity index (χ1v) is 9.57. The molecule has 0 aliphatic heterocycles. The molecule has 4 aliphatic rings. The summed E-state index contributed by atoms with van der Waals surface area (Å²) in [5.74, 6) is 4.71. The second kappa shape index (κ2) is 4.10. The van der Waals surface area contributed by atoms with Crippen molar-refractivity contribution in [2.45, 2.75) is 33.1 Å². The van der Waals surface area contributed by atoms with E-state index in [0.717, 1.165) is 36.0 Å². The van der Waals surface area contributed by atoms with E-state index in [2.05, 4.69) is 19.1 Å². The minimum atomic E-state index is -3.36. The van der Waals surface area contributed by atoms with Gasteiger partial charge in [-0.25, -0.2) is 0 Å². The lowest BCUT2D eigenvalue weighted by Crippen LogP contribution is -2.41. The molecule has 3 saturated carbocycles. The number of rotatable bonds is 4. The summed E-state index contributed by atoms with van der Waals surface area (Å²) in [5, 5.41) is 0. The maximum Gasteiger partial charge on any atom is 0.267 e. The van der Waals surface area contributed by atoms with Crippen molar-refractivity contribution >= 4 is 10.1 Å². The smallest absolute Gasteiger partial charge is 0.267 e. The van der Waals surface area contributed by atoms with Crippen LogP contribution in [0.3, 0.4) is 0 Å². The van der Waals surface area contributed by atoms with Gasteiger partial charge in [-0.2, -0.15) is 8.42 Å². The molecule has 0 radical (unpaired) electrons. The van der Waals surface area contributed by atoms with Crippen LogP contribution in [0.15, 0.2) is 12.2 Å². The van der Waals surface area contributed by atoms with Crippen LogP contribution in [0.4, 0.5) is 0 Å². The van der Waals surface area contributed by atoms with E-state index in [1.807, 2.05) is 0 Å². The molecule has 4 bridgehead atoms. The molecule has 4 aliphatic carbocycles. The van der Waals surface area contributed by atoms with Gasteiger partial charge in [0, 0.05) is 0 Å². The zero-order valence-electron chi connectivity index (χ0n) is 12.3. The van der Waals surface area contributed by atoms with Crippen LogP contribution in [0.25, 0.3) is 0 Å². The molecule has 0 aromatic heterocycles. The average molecular weight is 296 g/mol. The summed E-state index contributed by atoms with van der Waals surface area (Å²) in [6, 6.07) is 0. The number of hydrogen-bond acceptors (Lipinski definition) is 3. The highest BCUT2D eigenvalue weighted by atomic mass is 32.2. The largest absolute Gasteiger partial charge is 0.270 e. The van der Waals surface area contributed by atoms with Gasteiger partial charge in [0.05, 0.1) is 12.4 Å². The fourth-order valence-corrected chi connectivity index (χ4v) is 7.86. The molecule has 3 nitrogen and oxygen atoms in total. The molecule has 4 heteroatoms. The van der Waals surface area contributed by atoms with Crippen molar-refractivity contribution in [3.8, 4) is 0 Å². The quantitative estimate of drug-likeness (QED) is 0.455. The van der Waals surface area contributed by atoms with E-state index in [-0.39, 0.29) is 17.8 Å². The highest BCUT2D eigenvalue weighted by Crippen LogP contribution is 2.70. The molecule has 0 amide bonds. The Labute approximate surface area is 121 Å². The third kappa shape index (κ3) is 1.70. The fraction of sp³-hybridized carbons (Fsp3) is 0.875. The van der Waals surface area contributed by atoms with Crippen LogP contribution < -0.4 is 0 Å². The highest BCUT2D eigenvalue weighted by Gasteiger charge is 2.65. The molecular weight excluding hydrogens is 272 g/mol. The Balaban J connectivity index is 1.59. The van der Waals surface area contributed by atoms with Crippen molar-refractivity contribution in [2.24, 2.45) is 40.9 Å². The number of fused-ring (bicyclic) bond motifs is 9. The van der Waals surface area contributed by atoms with Gasteiger partial charge >= 0.3 is 0 Å². The summed E-state index contributed by atoms with van der Waals surface area (Å²) in [6.45, 7) is 4.20. The summed E-state index contributed by atoms with van der Waals surface area (Å²) < 4.78 is 29.2. The van der Waals surface area contributed by atoms with Crippen molar-refractivity contribution in [1.82, 2.24) is 0 Å². The third-order valence-corrected chi connectivity index (χ3v) is 8.18. The van der Waals surface area contributed by atoms with Gasteiger partial charge in [0.25, 0.3) is 10.1 Å². The van der Waals surface area contributed by atoms with E-state index < -0.39 is 10.1 Å². The summed E-state index contributed by atoms with van der Waals surface area (Å²) in [7, 11) is -3.36. The third-order valence-electron chi connectivity index (χ3n) is 6.58. The summed E-state index contributed by atoms with van der Waals surface area (Å²) in [6.07, 6.45) is 8.51. The van der Waals surface area contributed by atoms with Crippen LogP contribution >= 0.6 is 0 Å². The van der Waals surface area contributed by atoms with Gasteiger partial charge in [-0.15, -0.1) is 0 Å². The lowest BCUT2D eigenvalue weighted by Gasteiger charge is -2.43. The molecule has 0 aromatic rings. The van der Waals surface area contributed by atoms with E-state index in [9.17, 15) is 8.42 Å². The summed E-state index contributed by atoms with van der Waals surface area (Å²) in [4.78, 5) is 0. The topological polar surface area (TPSA) is 43.4 Å². The fourth-order valence-electron chi connectivity index (χ4n) is 6.28. The molecule has 3 fully saturated rings. The Morgan fingerprint density at radius 1 is 1.20 bits per heavy atom. The van der Waals surface area contributed by atoms with Crippen LogP contribution in [-0.4, -0.2) is 20.8 Å². The molecule has 20 heavy (non-hydrogen) atoms. The molecule has 0 N–H and O–H groups in total. The molecule has 7 atom stereocenters. The normalized spacial score (nSPS) is 51.9. The van der Waals surface area contributed by atoms with E-state index in [1.54, 1.807) is 6.92 Å². The molecule has 112 valence electrons. The lowest BCUT2D eigenvalue weighted by atomic mass is 9.63. The Morgan fingerprint density at radius 3 is 2.60 bits per heavy atom. The van der Waals surface area contributed by atoms with Gasteiger partial charge in [-0.3, -0.25) is 4.18 Å². The SMILES string of the molecule is CCOS(=O)(=O)CC1(C)CC2CC1C1C3C=CC(C3)C21. The molecular formula is C16H24O3S. The first-order chi connectivity index (χ1) is 9.43. The van der Waals surface area contributed by atoms with Crippen molar-refractivity contribution in [1.29, 1.82) is 0 Å².